The standard InChI is InChI=1S/C11H17FN2/c1-2-3-8-11(14-13)9-6-4-5-7-10(9)12/h4-7,11,14H,2-3,8,13H2,1H3. The summed E-state index contributed by atoms with van der Waals surface area (Å²) in [6.45, 7) is 2.11. The van der Waals surface area contributed by atoms with Crippen LogP contribution in [-0.4, -0.2) is 0 Å². The van der Waals surface area contributed by atoms with Gasteiger partial charge in [0, 0.05) is 11.6 Å². The third-order valence-corrected chi connectivity index (χ3v) is 2.33. The second kappa shape index (κ2) is 5.73. The van der Waals surface area contributed by atoms with Crippen molar-refractivity contribution in [2.45, 2.75) is 32.2 Å². The molecule has 1 unspecified atom stereocenters. The van der Waals surface area contributed by atoms with E-state index < -0.39 is 0 Å². The van der Waals surface area contributed by atoms with Crippen molar-refractivity contribution in [3.8, 4) is 0 Å². The zero-order chi connectivity index (χ0) is 10.4. The average Bonchev–Trinajstić information content (AvgIpc) is 2.21. The quantitative estimate of drug-likeness (QED) is 0.561. The van der Waals surface area contributed by atoms with E-state index in [0.29, 0.717) is 5.56 Å². The molecular weight excluding hydrogens is 179 g/mol. The highest BCUT2D eigenvalue weighted by Gasteiger charge is 2.12. The highest BCUT2D eigenvalue weighted by atomic mass is 19.1. The predicted molar refractivity (Wildman–Crippen MR) is 56.0 cm³/mol. The van der Waals surface area contributed by atoms with E-state index in [1.807, 2.05) is 6.07 Å². The summed E-state index contributed by atoms with van der Waals surface area (Å²) in [6, 6.07) is 6.68. The van der Waals surface area contributed by atoms with Crippen LogP contribution < -0.4 is 11.3 Å². The number of hydrazine groups is 1. The van der Waals surface area contributed by atoms with Gasteiger partial charge in [0.25, 0.3) is 0 Å². The highest BCUT2D eigenvalue weighted by Crippen LogP contribution is 2.20. The van der Waals surface area contributed by atoms with Crippen LogP contribution in [0.5, 0.6) is 0 Å². The molecule has 0 bridgehead atoms. The van der Waals surface area contributed by atoms with Crippen LogP contribution in [-0.2, 0) is 0 Å². The van der Waals surface area contributed by atoms with Gasteiger partial charge in [0.1, 0.15) is 5.82 Å². The van der Waals surface area contributed by atoms with E-state index in [4.69, 9.17) is 5.84 Å². The van der Waals surface area contributed by atoms with Gasteiger partial charge in [0.15, 0.2) is 0 Å². The molecule has 0 aromatic heterocycles. The first kappa shape index (κ1) is 11.1. The Labute approximate surface area is 84.3 Å². The molecule has 78 valence electrons. The predicted octanol–water partition coefficient (Wildman–Crippen LogP) is 2.52. The summed E-state index contributed by atoms with van der Waals surface area (Å²) in [6.07, 6.45) is 3.00. The number of hydrogen-bond acceptors (Lipinski definition) is 2. The Balaban J connectivity index is 2.73. The first-order valence-corrected chi connectivity index (χ1v) is 5.00. The lowest BCUT2D eigenvalue weighted by molar-refractivity contribution is 0.470. The van der Waals surface area contributed by atoms with Crippen LogP contribution in [0.4, 0.5) is 4.39 Å². The molecule has 1 aromatic carbocycles. The summed E-state index contributed by atoms with van der Waals surface area (Å²) in [7, 11) is 0. The third kappa shape index (κ3) is 2.79. The molecule has 14 heavy (non-hydrogen) atoms. The zero-order valence-electron chi connectivity index (χ0n) is 8.46. The van der Waals surface area contributed by atoms with Gasteiger partial charge in [-0.2, -0.15) is 0 Å². The zero-order valence-corrected chi connectivity index (χ0v) is 8.46. The molecule has 1 aromatic rings. The molecule has 0 aliphatic carbocycles. The van der Waals surface area contributed by atoms with Crippen LogP contribution in [0.1, 0.15) is 37.8 Å². The van der Waals surface area contributed by atoms with Crippen molar-refractivity contribution in [1.29, 1.82) is 0 Å². The molecule has 1 rings (SSSR count). The van der Waals surface area contributed by atoms with E-state index in [1.54, 1.807) is 12.1 Å². The Kier molecular flexibility index (Phi) is 4.56. The number of rotatable bonds is 5. The minimum Gasteiger partial charge on any atom is -0.271 e. The Morgan fingerprint density at radius 3 is 2.71 bits per heavy atom. The van der Waals surface area contributed by atoms with Crippen LogP contribution in [0.25, 0.3) is 0 Å². The fraction of sp³-hybridized carbons (Fsp3) is 0.455. The summed E-state index contributed by atoms with van der Waals surface area (Å²) in [5.41, 5.74) is 3.31. The van der Waals surface area contributed by atoms with Crippen LogP contribution in [0.3, 0.4) is 0 Å². The van der Waals surface area contributed by atoms with Crippen molar-refractivity contribution in [2.24, 2.45) is 5.84 Å². The molecule has 1 atom stereocenters. The lowest BCUT2D eigenvalue weighted by Gasteiger charge is -2.16. The first-order chi connectivity index (χ1) is 6.79. The molecule has 2 nitrogen and oxygen atoms in total. The van der Waals surface area contributed by atoms with E-state index in [2.05, 4.69) is 12.3 Å². The van der Waals surface area contributed by atoms with E-state index in [-0.39, 0.29) is 11.9 Å². The molecule has 0 spiro atoms. The highest BCUT2D eigenvalue weighted by molar-refractivity contribution is 5.20. The fourth-order valence-corrected chi connectivity index (χ4v) is 1.49. The molecule has 3 heteroatoms. The van der Waals surface area contributed by atoms with Gasteiger partial charge in [-0.25, -0.2) is 4.39 Å². The van der Waals surface area contributed by atoms with Crippen molar-refractivity contribution in [2.75, 3.05) is 0 Å². The maximum absolute atomic E-state index is 13.4. The Hall–Kier alpha value is -0.930. The van der Waals surface area contributed by atoms with Crippen LogP contribution in [0, 0.1) is 5.82 Å². The maximum Gasteiger partial charge on any atom is 0.128 e. The molecule has 0 radical (unpaired) electrons. The number of halogens is 1. The Morgan fingerprint density at radius 1 is 1.43 bits per heavy atom. The van der Waals surface area contributed by atoms with Crippen molar-refractivity contribution < 1.29 is 4.39 Å². The molecule has 0 fully saturated rings. The lowest BCUT2D eigenvalue weighted by Crippen LogP contribution is -2.28. The van der Waals surface area contributed by atoms with Gasteiger partial charge < -0.3 is 0 Å². The van der Waals surface area contributed by atoms with E-state index >= 15 is 0 Å². The molecule has 0 saturated carbocycles. The number of nitrogens with one attached hydrogen (secondary N) is 1. The molecule has 0 aliphatic rings. The summed E-state index contributed by atoms with van der Waals surface area (Å²) < 4.78 is 13.4. The third-order valence-electron chi connectivity index (χ3n) is 2.33. The molecule has 3 N–H and O–H groups in total. The smallest absolute Gasteiger partial charge is 0.128 e. The van der Waals surface area contributed by atoms with Crippen LogP contribution in [0.2, 0.25) is 0 Å². The largest absolute Gasteiger partial charge is 0.271 e. The molecule has 0 aliphatic heterocycles. The van der Waals surface area contributed by atoms with Gasteiger partial charge in [0.05, 0.1) is 0 Å². The van der Waals surface area contributed by atoms with Gasteiger partial charge in [-0.1, -0.05) is 38.0 Å². The van der Waals surface area contributed by atoms with Crippen LogP contribution >= 0.6 is 0 Å². The number of unbranched alkanes of at least 4 members (excludes halogenated alkanes) is 1. The summed E-state index contributed by atoms with van der Waals surface area (Å²) in [5, 5.41) is 0. The molecule has 0 heterocycles. The monoisotopic (exact) mass is 196 g/mol. The topological polar surface area (TPSA) is 38.0 Å². The van der Waals surface area contributed by atoms with Crippen molar-refractivity contribution >= 4 is 0 Å². The molecule has 0 amide bonds. The van der Waals surface area contributed by atoms with E-state index in [0.717, 1.165) is 19.3 Å². The van der Waals surface area contributed by atoms with Gasteiger partial charge in [-0.3, -0.25) is 11.3 Å². The van der Waals surface area contributed by atoms with Crippen molar-refractivity contribution in [3.63, 3.8) is 0 Å². The minimum atomic E-state index is -0.188. The second-order valence-electron chi connectivity index (χ2n) is 3.38. The summed E-state index contributed by atoms with van der Waals surface area (Å²) in [4.78, 5) is 0. The Morgan fingerprint density at radius 2 is 2.14 bits per heavy atom. The summed E-state index contributed by atoms with van der Waals surface area (Å²) >= 11 is 0. The van der Waals surface area contributed by atoms with Gasteiger partial charge >= 0.3 is 0 Å². The average molecular weight is 196 g/mol. The van der Waals surface area contributed by atoms with Crippen molar-refractivity contribution in [1.82, 2.24) is 5.43 Å². The number of hydrogen-bond donors (Lipinski definition) is 2. The summed E-state index contributed by atoms with van der Waals surface area (Å²) in [5.74, 6) is 5.21. The number of nitrogens with two attached hydrogens (primary N) is 1. The van der Waals surface area contributed by atoms with Gasteiger partial charge in [0.2, 0.25) is 0 Å². The van der Waals surface area contributed by atoms with Crippen molar-refractivity contribution in [3.05, 3.63) is 35.6 Å². The van der Waals surface area contributed by atoms with Crippen LogP contribution in [0.15, 0.2) is 24.3 Å². The van der Waals surface area contributed by atoms with Gasteiger partial charge in [-0.15, -0.1) is 0 Å². The van der Waals surface area contributed by atoms with Gasteiger partial charge in [-0.05, 0) is 12.5 Å². The minimum absolute atomic E-state index is 0.0730. The van der Waals surface area contributed by atoms with E-state index in [9.17, 15) is 4.39 Å². The maximum atomic E-state index is 13.4. The fourth-order valence-electron chi connectivity index (χ4n) is 1.49. The number of benzene rings is 1. The molecular formula is C11H17FN2. The Bertz CT molecular complexity index is 276. The SMILES string of the molecule is CCCCC(NN)c1ccccc1F. The van der Waals surface area contributed by atoms with E-state index in [1.165, 1.54) is 6.07 Å². The normalized spacial score (nSPS) is 12.8. The second-order valence-corrected chi connectivity index (χ2v) is 3.38. The first-order valence-electron chi connectivity index (χ1n) is 5.00. The molecule has 0 saturated heterocycles. The lowest BCUT2D eigenvalue weighted by atomic mass is 10.0.